The second-order valence-corrected chi connectivity index (χ2v) is 4.60. The molecule has 1 aromatic rings. The first kappa shape index (κ1) is 17.0. The lowest BCUT2D eigenvalue weighted by molar-refractivity contribution is -0.142. The minimum absolute atomic E-state index is 0.00532. The summed E-state index contributed by atoms with van der Waals surface area (Å²) < 4.78 is 10.1. The average molecular weight is 294 g/mol. The van der Waals surface area contributed by atoms with E-state index < -0.39 is 12.0 Å². The monoisotopic (exact) mass is 294 g/mol. The van der Waals surface area contributed by atoms with Gasteiger partial charge in [-0.1, -0.05) is 12.1 Å². The maximum Gasteiger partial charge on any atom is 0.322 e. The Hall–Kier alpha value is -2.08. The number of hydrogen-bond donors (Lipinski definition) is 2. The summed E-state index contributed by atoms with van der Waals surface area (Å²) in [6, 6.07) is 6.70. The number of carbonyl (C=O) groups is 2. The maximum atomic E-state index is 11.2. The molecule has 0 bridgehead atoms. The van der Waals surface area contributed by atoms with Crippen LogP contribution in [0, 0.1) is 0 Å². The van der Waals surface area contributed by atoms with Crippen LogP contribution in [-0.2, 0) is 20.7 Å². The Morgan fingerprint density at radius 2 is 1.95 bits per heavy atom. The summed E-state index contributed by atoms with van der Waals surface area (Å²) in [6.07, 6.45) is 1.53. The van der Waals surface area contributed by atoms with Gasteiger partial charge in [-0.2, -0.15) is 0 Å². The third-order valence-corrected chi connectivity index (χ3v) is 2.98. The molecule has 0 spiro atoms. The molecule has 0 saturated carbocycles. The zero-order chi connectivity index (χ0) is 15.7. The molecule has 21 heavy (non-hydrogen) atoms. The standard InChI is InChI=1S/C15H22N2O4/c1-17-14(18)4-3-9-21-12-7-5-11(6-8-12)10-13(16)15(19)20-2/h5-8,13H,3-4,9-10,16H2,1-2H3,(H,17,18). The summed E-state index contributed by atoms with van der Waals surface area (Å²) in [5.41, 5.74) is 6.63. The van der Waals surface area contributed by atoms with Crippen LogP contribution in [0.3, 0.4) is 0 Å². The summed E-state index contributed by atoms with van der Waals surface area (Å²) in [5.74, 6) is 0.303. The number of amides is 1. The van der Waals surface area contributed by atoms with Crippen LogP contribution in [0.4, 0.5) is 0 Å². The molecular weight excluding hydrogens is 272 g/mol. The van der Waals surface area contributed by atoms with Crippen molar-refractivity contribution in [3.05, 3.63) is 29.8 Å². The van der Waals surface area contributed by atoms with Crippen molar-refractivity contribution in [3.8, 4) is 5.75 Å². The highest BCUT2D eigenvalue weighted by Gasteiger charge is 2.13. The molecule has 1 amide bonds. The number of nitrogens with one attached hydrogen (secondary N) is 1. The lowest BCUT2D eigenvalue weighted by atomic mass is 10.1. The van der Waals surface area contributed by atoms with E-state index in [1.165, 1.54) is 7.11 Å². The van der Waals surface area contributed by atoms with E-state index in [-0.39, 0.29) is 5.91 Å². The van der Waals surface area contributed by atoms with Gasteiger partial charge in [-0.05, 0) is 30.5 Å². The summed E-state index contributed by atoms with van der Waals surface area (Å²) in [7, 11) is 2.93. The molecule has 6 heteroatoms. The van der Waals surface area contributed by atoms with E-state index in [0.29, 0.717) is 25.9 Å². The van der Waals surface area contributed by atoms with Gasteiger partial charge in [0.05, 0.1) is 13.7 Å². The molecule has 0 heterocycles. The molecule has 1 rings (SSSR count). The highest BCUT2D eigenvalue weighted by molar-refractivity contribution is 5.75. The molecule has 116 valence electrons. The van der Waals surface area contributed by atoms with Crippen molar-refractivity contribution in [3.63, 3.8) is 0 Å². The Labute approximate surface area is 124 Å². The van der Waals surface area contributed by atoms with Gasteiger partial charge >= 0.3 is 5.97 Å². The topological polar surface area (TPSA) is 90.6 Å². The molecule has 0 aromatic heterocycles. The second kappa shape index (κ2) is 8.97. The summed E-state index contributed by atoms with van der Waals surface area (Å²) in [4.78, 5) is 22.3. The van der Waals surface area contributed by atoms with Crippen LogP contribution >= 0.6 is 0 Å². The molecule has 3 N–H and O–H groups in total. The number of rotatable bonds is 8. The third kappa shape index (κ3) is 6.27. The van der Waals surface area contributed by atoms with Gasteiger partial charge in [0.1, 0.15) is 11.8 Å². The van der Waals surface area contributed by atoms with Gasteiger partial charge in [0.15, 0.2) is 0 Å². The predicted octanol–water partition coefficient (Wildman–Crippen LogP) is 0.634. The van der Waals surface area contributed by atoms with Gasteiger partial charge in [0.2, 0.25) is 5.91 Å². The van der Waals surface area contributed by atoms with Crippen molar-refractivity contribution in [1.29, 1.82) is 0 Å². The van der Waals surface area contributed by atoms with E-state index in [9.17, 15) is 9.59 Å². The SMILES string of the molecule is CNC(=O)CCCOc1ccc(CC(N)C(=O)OC)cc1. The van der Waals surface area contributed by atoms with Crippen LogP contribution in [0.25, 0.3) is 0 Å². The van der Waals surface area contributed by atoms with Gasteiger partial charge in [0, 0.05) is 13.5 Å². The average Bonchev–Trinajstić information content (AvgIpc) is 2.51. The summed E-state index contributed by atoms with van der Waals surface area (Å²) >= 11 is 0. The van der Waals surface area contributed by atoms with E-state index in [4.69, 9.17) is 10.5 Å². The van der Waals surface area contributed by atoms with Crippen LogP contribution in [0.2, 0.25) is 0 Å². The number of benzene rings is 1. The molecule has 0 aliphatic carbocycles. The van der Waals surface area contributed by atoms with Crippen LogP contribution in [0.1, 0.15) is 18.4 Å². The Bertz CT molecular complexity index is 459. The van der Waals surface area contributed by atoms with Crippen molar-refractivity contribution >= 4 is 11.9 Å². The second-order valence-electron chi connectivity index (χ2n) is 4.60. The fraction of sp³-hybridized carbons (Fsp3) is 0.467. The molecule has 0 radical (unpaired) electrons. The number of hydrogen-bond acceptors (Lipinski definition) is 5. The largest absolute Gasteiger partial charge is 0.494 e. The number of ether oxygens (including phenoxy) is 2. The first-order chi connectivity index (χ1) is 10.1. The fourth-order valence-corrected chi connectivity index (χ4v) is 1.76. The lowest BCUT2D eigenvalue weighted by Crippen LogP contribution is -2.33. The van der Waals surface area contributed by atoms with Crippen LogP contribution in [0.15, 0.2) is 24.3 Å². The molecule has 0 aliphatic rings. The third-order valence-electron chi connectivity index (χ3n) is 2.98. The molecule has 0 fully saturated rings. The smallest absolute Gasteiger partial charge is 0.322 e. The molecule has 0 aliphatic heterocycles. The number of nitrogens with two attached hydrogens (primary N) is 1. The van der Waals surface area contributed by atoms with Crippen molar-refractivity contribution in [2.45, 2.75) is 25.3 Å². The van der Waals surface area contributed by atoms with Crippen molar-refractivity contribution in [1.82, 2.24) is 5.32 Å². The predicted molar refractivity (Wildman–Crippen MR) is 78.9 cm³/mol. The summed E-state index contributed by atoms with van der Waals surface area (Å²) in [6.45, 7) is 0.481. The molecule has 1 unspecified atom stereocenters. The van der Waals surface area contributed by atoms with Gasteiger partial charge in [0.25, 0.3) is 0 Å². The van der Waals surface area contributed by atoms with Gasteiger partial charge in [-0.3, -0.25) is 9.59 Å². The van der Waals surface area contributed by atoms with Crippen LogP contribution in [0.5, 0.6) is 5.75 Å². The first-order valence-electron chi connectivity index (χ1n) is 6.82. The van der Waals surface area contributed by atoms with Gasteiger partial charge in [-0.25, -0.2) is 0 Å². The van der Waals surface area contributed by atoms with E-state index in [0.717, 1.165) is 11.3 Å². The number of esters is 1. The minimum Gasteiger partial charge on any atom is -0.494 e. The quantitative estimate of drug-likeness (QED) is 0.542. The number of carbonyl (C=O) groups excluding carboxylic acids is 2. The van der Waals surface area contributed by atoms with E-state index in [1.807, 2.05) is 24.3 Å². The van der Waals surface area contributed by atoms with E-state index >= 15 is 0 Å². The Kier molecular flexibility index (Phi) is 7.25. The number of methoxy groups -OCH3 is 1. The van der Waals surface area contributed by atoms with Crippen LogP contribution < -0.4 is 15.8 Å². The zero-order valence-electron chi connectivity index (χ0n) is 12.4. The summed E-state index contributed by atoms with van der Waals surface area (Å²) in [5, 5.41) is 2.56. The molecule has 1 aromatic carbocycles. The van der Waals surface area contributed by atoms with Gasteiger partial charge in [-0.15, -0.1) is 0 Å². The Balaban J connectivity index is 2.36. The van der Waals surface area contributed by atoms with Crippen molar-refractivity contribution < 1.29 is 19.1 Å². The Morgan fingerprint density at radius 1 is 1.29 bits per heavy atom. The zero-order valence-corrected chi connectivity index (χ0v) is 12.4. The molecule has 6 nitrogen and oxygen atoms in total. The van der Waals surface area contributed by atoms with Crippen molar-refractivity contribution in [2.75, 3.05) is 20.8 Å². The highest BCUT2D eigenvalue weighted by atomic mass is 16.5. The van der Waals surface area contributed by atoms with Gasteiger partial charge < -0.3 is 20.5 Å². The maximum absolute atomic E-state index is 11.2. The van der Waals surface area contributed by atoms with E-state index in [2.05, 4.69) is 10.1 Å². The normalized spacial score (nSPS) is 11.6. The Morgan fingerprint density at radius 3 is 2.52 bits per heavy atom. The molecule has 0 saturated heterocycles. The minimum atomic E-state index is -0.658. The molecular formula is C15H22N2O4. The fourth-order valence-electron chi connectivity index (χ4n) is 1.76. The highest BCUT2D eigenvalue weighted by Crippen LogP contribution is 2.14. The first-order valence-corrected chi connectivity index (χ1v) is 6.82. The van der Waals surface area contributed by atoms with Crippen LogP contribution in [-0.4, -0.2) is 38.7 Å². The van der Waals surface area contributed by atoms with E-state index in [1.54, 1.807) is 7.05 Å². The van der Waals surface area contributed by atoms with Crippen molar-refractivity contribution in [2.24, 2.45) is 5.73 Å². The molecule has 1 atom stereocenters. The lowest BCUT2D eigenvalue weighted by Gasteiger charge is -2.10.